The summed E-state index contributed by atoms with van der Waals surface area (Å²) in [6, 6.07) is 15.4. The van der Waals surface area contributed by atoms with Gasteiger partial charge in [0.1, 0.15) is 0 Å². The predicted octanol–water partition coefficient (Wildman–Crippen LogP) is 4.56. The molecule has 0 bridgehead atoms. The minimum Gasteiger partial charge on any atom is -0.0884 e. The highest BCUT2D eigenvalue weighted by Gasteiger charge is 2.29. The van der Waals surface area contributed by atoms with Crippen LogP contribution in [0.15, 0.2) is 42.5 Å². The fraction of sp³-hybridized carbons (Fsp3) is 0.333. The number of rotatable bonds is 3. The summed E-state index contributed by atoms with van der Waals surface area (Å²) in [4.78, 5) is 0.675. The lowest BCUT2D eigenvalue weighted by Crippen LogP contribution is -2.04. The van der Waals surface area contributed by atoms with Crippen LogP contribution in [0.25, 0.3) is 10.8 Å². The monoisotopic (exact) mass is 274 g/mol. The second-order valence-electron chi connectivity index (χ2n) is 4.74. The van der Waals surface area contributed by atoms with Gasteiger partial charge in [0.05, 0.1) is 0 Å². The Morgan fingerprint density at radius 2 is 1.81 bits per heavy atom. The van der Waals surface area contributed by atoms with Crippen molar-refractivity contribution in [1.29, 1.82) is 0 Å². The maximum atomic E-state index is 3.81. The molecular weight excluding hydrogens is 260 g/mol. The molecule has 1 saturated carbocycles. The van der Waals surface area contributed by atoms with E-state index >= 15 is 0 Å². The van der Waals surface area contributed by atoms with E-state index in [1.54, 1.807) is 0 Å². The van der Waals surface area contributed by atoms with Crippen molar-refractivity contribution in [3.8, 4) is 0 Å². The second kappa shape index (κ2) is 4.21. The van der Waals surface area contributed by atoms with Crippen LogP contribution in [0.1, 0.15) is 18.4 Å². The summed E-state index contributed by atoms with van der Waals surface area (Å²) >= 11 is 3.81. The molecule has 1 unspecified atom stereocenters. The van der Waals surface area contributed by atoms with Crippen molar-refractivity contribution in [2.75, 3.05) is 0 Å². The van der Waals surface area contributed by atoms with Crippen molar-refractivity contribution in [1.82, 2.24) is 0 Å². The lowest BCUT2D eigenvalue weighted by atomic mass is 10.0. The third kappa shape index (κ3) is 2.15. The molecule has 0 aromatic heterocycles. The van der Waals surface area contributed by atoms with E-state index in [9.17, 15) is 0 Å². The van der Waals surface area contributed by atoms with Gasteiger partial charge >= 0.3 is 0 Å². The van der Waals surface area contributed by atoms with Crippen LogP contribution < -0.4 is 0 Å². The minimum absolute atomic E-state index is 0.675. The molecule has 1 fully saturated rings. The topological polar surface area (TPSA) is 0 Å². The van der Waals surface area contributed by atoms with Crippen molar-refractivity contribution in [2.24, 2.45) is 5.92 Å². The Bertz CT molecular complexity index is 500. The summed E-state index contributed by atoms with van der Waals surface area (Å²) in [6.45, 7) is 0. The van der Waals surface area contributed by atoms with Crippen LogP contribution >= 0.6 is 15.9 Å². The predicted molar refractivity (Wildman–Crippen MR) is 73.1 cm³/mol. The first-order valence-corrected chi connectivity index (χ1v) is 6.86. The lowest BCUT2D eigenvalue weighted by molar-refractivity contribution is 0.761. The van der Waals surface area contributed by atoms with Crippen molar-refractivity contribution in [3.05, 3.63) is 48.0 Å². The molecule has 0 nitrogen and oxygen atoms in total. The van der Waals surface area contributed by atoms with Crippen molar-refractivity contribution in [3.63, 3.8) is 0 Å². The van der Waals surface area contributed by atoms with Crippen molar-refractivity contribution in [2.45, 2.75) is 24.1 Å². The van der Waals surface area contributed by atoms with Crippen molar-refractivity contribution < 1.29 is 0 Å². The fourth-order valence-electron chi connectivity index (χ4n) is 2.22. The van der Waals surface area contributed by atoms with E-state index in [1.807, 2.05) is 0 Å². The van der Waals surface area contributed by atoms with E-state index in [1.165, 1.54) is 29.2 Å². The van der Waals surface area contributed by atoms with Crippen LogP contribution in [0, 0.1) is 5.92 Å². The molecule has 0 amide bonds. The Labute approximate surface area is 105 Å². The van der Waals surface area contributed by atoms with Gasteiger partial charge in [-0.05, 0) is 41.5 Å². The zero-order chi connectivity index (χ0) is 11.0. The van der Waals surface area contributed by atoms with Crippen LogP contribution in [0.2, 0.25) is 0 Å². The van der Waals surface area contributed by atoms with Crippen LogP contribution in [0.3, 0.4) is 0 Å². The molecule has 82 valence electrons. The smallest absolute Gasteiger partial charge is 0.0214 e. The Morgan fingerprint density at radius 3 is 2.56 bits per heavy atom. The molecule has 1 atom stereocenters. The number of alkyl halides is 1. The Morgan fingerprint density at radius 1 is 1.06 bits per heavy atom. The molecular formula is C15H15Br. The maximum Gasteiger partial charge on any atom is 0.0214 e. The number of halogens is 1. The van der Waals surface area contributed by atoms with Crippen LogP contribution in [0.4, 0.5) is 0 Å². The summed E-state index contributed by atoms with van der Waals surface area (Å²) in [5.41, 5.74) is 1.45. The molecule has 1 aliphatic rings. The first-order valence-electron chi connectivity index (χ1n) is 5.95. The summed E-state index contributed by atoms with van der Waals surface area (Å²) in [6.07, 6.45) is 3.97. The molecule has 1 heteroatoms. The quantitative estimate of drug-likeness (QED) is 0.720. The van der Waals surface area contributed by atoms with Crippen LogP contribution in [0.5, 0.6) is 0 Å². The summed E-state index contributed by atoms with van der Waals surface area (Å²) in [7, 11) is 0. The molecule has 1 aliphatic carbocycles. The van der Waals surface area contributed by atoms with E-state index in [0.717, 1.165) is 12.3 Å². The largest absolute Gasteiger partial charge is 0.0884 e. The van der Waals surface area contributed by atoms with Crippen LogP contribution in [-0.2, 0) is 6.42 Å². The molecule has 2 aromatic rings. The standard InChI is InChI=1S/C15H15Br/c16-15(13-7-8-13)10-11-5-6-12-3-1-2-4-14(12)9-11/h1-6,9,13,15H,7-8,10H2. The Balaban J connectivity index is 1.86. The fourth-order valence-corrected chi connectivity index (χ4v) is 3.12. The molecule has 0 radical (unpaired) electrons. The minimum atomic E-state index is 0.675. The second-order valence-corrected chi connectivity index (χ2v) is 5.92. The number of hydrogen-bond acceptors (Lipinski definition) is 0. The molecule has 0 N–H and O–H groups in total. The third-order valence-corrected chi connectivity index (χ3v) is 4.45. The van der Waals surface area contributed by atoms with Gasteiger partial charge in [-0.15, -0.1) is 0 Å². The lowest BCUT2D eigenvalue weighted by Gasteiger charge is -2.09. The van der Waals surface area contributed by atoms with Gasteiger partial charge in [0.25, 0.3) is 0 Å². The van der Waals surface area contributed by atoms with E-state index in [2.05, 4.69) is 58.4 Å². The van der Waals surface area contributed by atoms with E-state index in [-0.39, 0.29) is 0 Å². The molecule has 0 spiro atoms. The van der Waals surface area contributed by atoms with Gasteiger partial charge < -0.3 is 0 Å². The van der Waals surface area contributed by atoms with Gasteiger partial charge in [-0.2, -0.15) is 0 Å². The maximum absolute atomic E-state index is 3.81. The normalized spacial score (nSPS) is 17.6. The van der Waals surface area contributed by atoms with Gasteiger partial charge in [-0.25, -0.2) is 0 Å². The molecule has 0 saturated heterocycles. The summed E-state index contributed by atoms with van der Waals surface area (Å²) in [5.74, 6) is 0.923. The van der Waals surface area contributed by atoms with E-state index in [0.29, 0.717) is 4.83 Å². The van der Waals surface area contributed by atoms with Crippen molar-refractivity contribution >= 4 is 26.7 Å². The average Bonchev–Trinajstić information content (AvgIpc) is 3.12. The molecule has 3 rings (SSSR count). The van der Waals surface area contributed by atoms with Gasteiger partial charge in [-0.1, -0.05) is 58.4 Å². The highest BCUT2D eigenvalue weighted by Crippen LogP contribution is 2.38. The number of hydrogen-bond donors (Lipinski definition) is 0. The van der Waals surface area contributed by atoms with Gasteiger partial charge in [0, 0.05) is 4.83 Å². The average molecular weight is 275 g/mol. The number of benzene rings is 2. The van der Waals surface area contributed by atoms with E-state index < -0.39 is 0 Å². The number of fused-ring (bicyclic) bond motifs is 1. The van der Waals surface area contributed by atoms with E-state index in [4.69, 9.17) is 0 Å². The van der Waals surface area contributed by atoms with Gasteiger partial charge in [-0.3, -0.25) is 0 Å². The summed E-state index contributed by atoms with van der Waals surface area (Å²) in [5, 5.41) is 2.69. The molecule has 16 heavy (non-hydrogen) atoms. The first kappa shape index (κ1) is 10.3. The highest BCUT2D eigenvalue weighted by molar-refractivity contribution is 9.09. The SMILES string of the molecule is BrC(Cc1ccc2ccccc2c1)C1CC1. The van der Waals surface area contributed by atoms with Gasteiger partial charge in [0.15, 0.2) is 0 Å². The highest BCUT2D eigenvalue weighted by atomic mass is 79.9. The zero-order valence-corrected chi connectivity index (χ0v) is 10.8. The summed E-state index contributed by atoms with van der Waals surface area (Å²) < 4.78 is 0. The zero-order valence-electron chi connectivity index (χ0n) is 9.20. The first-order chi connectivity index (χ1) is 7.83. The molecule has 0 heterocycles. The molecule has 0 aliphatic heterocycles. The van der Waals surface area contributed by atoms with Gasteiger partial charge in [0.2, 0.25) is 0 Å². The Kier molecular flexibility index (Phi) is 2.72. The Hall–Kier alpha value is -0.820. The third-order valence-electron chi connectivity index (χ3n) is 3.38. The molecule has 2 aromatic carbocycles. The van der Waals surface area contributed by atoms with Crippen LogP contribution in [-0.4, -0.2) is 4.83 Å².